The van der Waals surface area contributed by atoms with Gasteiger partial charge in [-0.2, -0.15) is 0 Å². The highest BCUT2D eigenvalue weighted by Crippen LogP contribution is 2.41. The molecule has 0 spiro atoms. The summed E-state index contributed by atoms with van der Waals surface area (Å²) in [6, 6.07) is 9.18. The number of hydrogen-bond donors (Lipinski definition) is 3. The predicted molar refractivity (Wildman–Crippen MR) is 119 cm³/mol. The molecular weight excluding hydrogens is 444 g/mol. The van der Waals surface area contributed by atoms with Gasteiger partial charge in [0.1, 0.15) is 18.5 Å². The Morgan fingerprint density at radius 1 is 1.12 bits per heavy atom. The van der Waals surface area contributed by atoms with Crippen molar-refractivity contribution in [3.8, 4) is 0 Å². The van der Waals surface area contributed by atoms with Gasteiger partial charge in [0.05, 0.1) is 6.33 Å². The molecule has 4 heterocycles. The SMILES string of the molecule is CCNC(=O)Nc1ncnc2c1ncn2[C@@H]1O[C@H](C(=O)O)[C@H]2O[C@H](/C=C/c3ccccc3)O[C@H]21. The van der Waals surface area contributed by atoms with Crippen LogP contribution in [-0.4, -0.2) is 67.8 Å². The number of nitrogens with zero attached hydrogens (tertiary/aromatic N) is 4. The van der Waals surface area contributed by atoms with Gasteiger partial charge in [0, 0.05) is 6.54 Å². The zero-order chi connectivity index (χ0) is 23.7. The molecule has 3 aromatic rings. The van der Waals surface area contributed by atoms with E-state index >= 15 is 0 Å². The number of benzene rings is 1. The fraction of sp³-hybridized carbons (Fsp3) is 0.318. The molecule has 2 amide bonds. The molecule has 2 fully saturated rings. The van der Waals surface area contributed by atoms with Crippen molar-refractivity contribution in [2.75, 3.05) is 11.9 Å². The van der Waals surface area contributed by atoms with Crippen molar-refractivity contribution in [3.05, 3.63) is 54.6 Å². The number of rotatable bonds is 6. The average Bonchev–Trinajstić information content (AvgIpc) is 3.52. The van der Waals surface area contributed by atoms with Crippen LogP contribution < -0.4 is 10.6 Å². The van der Waals surface area contributed by atoms with Crippen molar-refractivity contribution >= 4 is 35.1 Å². The van der Waals surface area contributed by atoms with Gasteiger partial charge in [0.15, 0.2) is 35.6 Å². The molecule has 12 heteroatoms. The summed E-state index contributed by atoms with van der Waals surface area (Å²) in [4.78, 5) is 36.5. The van der Waals surface area contributed by atoms with Crippen molar-refractivity contribution in [1.82, 2.24) is 24.8 Å². The Morgan fingerprint density at radius 2 is 1.91 bits per heavy atom. The number of carboxylic acid groups (broad SMARTS) is 1. The Hall–Kier alpha value is -3.87. The van der Waals surface area contributed by atoms with E-state index in [-0.39, 0.29) is 5.82 Å². The third kappa shape index (κ3) is 4.09. The first-order valence-corrected chi connectivity index (χ1v) is 10.7. The van der Waals surface area contributed by atoms with Crippen LogP contribution in [0.1, 0.15) is 18.7 Å². The number of carboxylic acids is 1. The summed E-state index contributed by atoms with van der Waals surface area (Å²) in [5.41, 5.74) is 1.63. The van der Waals surface area contributed by atoms with Crippen molar-refractivity contribution in [1.29, 1.82) is 0 Å². The second-order valence-corrected chi connectivity index (χ2v) is 7.66. The monoisotopic (exact) mass is 466 g/mol. The van der Waals surface area contributed by atoms with Gasteiger partial charge in [-0.15, -0.1) is 0 Å². The number of aliphatic carboxylic acids is 1. The van der Waals surface area contributed by atoms with E-state index in [4.69, 9.17) is 14.2 Å². The van der Waals surface area contributed by atoms with Crippen molar-refractivity contribution in [3.63, 3.8) is 0 Å². The number of ether oxygens (including phenoxy) is 3. The summed E-state index contributed by atoms with van der Waals surface area (Å²) in [5.74, 6) is -0.947. The summed E-state index contributed by atoms with van der Waals surface area (Å²) in [6.07, 6.45) is 1.89. The summed E-state index contributed by atoms with van der Waals surface area (Å²) in [7, 11) is 0. The first-order chi connectivity index (χ1) is 16.5. The van der Waals surface area contributed by atoms with Crippen molar-refractivity contribution < 1.29 is 28.9 Å². The highest BCUT2D eigenvalue weighted by molar-refractivity contribution is 5.95. The second-order valence-electron chi connectivity index (χ2n) is 7.66. The number of carbonyl (C=O) groups is 2. The molecule has 0 bridgehead atoms. The summed E-state index contributed by atoms with van der Waals surface area (Å²) < 4.78 is 19.3. The molecule has 12 nitrogen and oxygen atoms in total. The molecule has 0 radical (unpaired) electrons. The number of hydrogen-bond acceptors (Lipinski definition) is 8. The van der Waals surface area contributed by atoms with Gasteiger partial charge in [-0.1, -0.05) is 36.4 Å². The normalized spacial score (nSPS) is 26.1. The van der Waals surface area contributed by atoms with Gasteiger partial charge >= 0.3 is 12.0 Å². The van der Waals surface area contributed by atoms with Crippen LogP contribution in [0.3, 0.4) is 0 Å². The molecule has 2 saturated heterocycles. The molecule has 0 aliphatic carbocycles. The van der Waals surface area contributed by atoms with Gasteiger partial charge in [0.25, 0.3) is 0 Å². The Balaban J connectivity index is 1.42. The van der Waals surface area contributed by atoms with Crippen LogP contribution in [0.4, 0.5) is 10.6 Å². The van der Waals surface area contributed by atoms with Gasteiger partial charge < -0.3 is 24.6 Å². The van der Waals surface area contributed by atoms with Crippen LogP contribution in [0, 0.1) is 0 Å². The van der Waals surface area contributed by atoms with Crippen LogP contribution >= 0.6 is 0 Å². The lowest BCUT2D eigenvalue weighted by Gasteiger charge is -2.19. The van der Waals surface area contributed by atoms with Crippen LogP contribution in [0.15, 0.2) is 49.1 Å². The Labute approximate surface area is 193 Å². The molecule has 0 saturated carbocycles. The van der Waals surface area contributed by atoms with E-state index in [1.54, 1.807) is 17.6 Å². The molecule has 2 aliphatic rings. The molecule has 34 heavy (non-hydrogen) atoms. The van der Waals surface area contributed by atoms with Crippen LogP contribution in [0.25, 0.3) is 17.2 Å². The first kappa shape index (κ1) is 21.9. The van der Waals surface area contributed by atoms with E-state index in [1.807, 2.05) is 36.4 Å². The van der Waals surface area contributed by atoms with Gasteiger partial charge in [-0.3, -0.25) is 9.88 Å². The quantitative estimate of drug-likeness (QED) is 0.494. The van der Waals surface area contributed by atoms with Crippen LogP contribution in [-0.2, 0) is 19.0 Å². The van der Waals surface area contributed by atoms with Gasteiger partial charge in [0.2, 0.25) is 0 Å². The molecule has 5 rings (SSSR count). The smallest absolute Gasteiger partial charge is 0.335 e. The molecule has 5 atom stereocenters. The largest absolute Gasteiger partial charge is 0.479 e. The van der Waals surface area contributed by atoms with Crippen molar-refractivity contribution in [2.24, 2.45) is 0 Å². The van der Waals surface area contributed by atoms with E-state index in [9.17, 15) is 14.7 Å². The van der Waals surface area contributed by atoms with Gasteiger partial charge in [-0.25, -0.2) is 24.5 Å². The topological polar surface area (TPSA) is 150 Å². The third-order valence-electron chi connectivity index (χ3n) is 5.46. The van der Waals surface area contributed by atoms with E-state index in [2.05, 4.69) is 25.6 Å². The van der Waals surface area contributed by atoms with Gasteiger partial charge in [-0.05, 0) is 18.6 Å². The standard InChI is InChI=1S/C22H22N6O6/c1-2-23-22(31)27-18-14-19(25-10-24-18)28(11-26-14)20-16-15(17(34-20)21(29)30)32-13(33-16)9-8-12-6-4-3-5-7-12/h3-11,13,15-17,20H,2H2,1H3,(H,29,30)(H2,23,24,25,27,31)/b9-8+/t13-,15-,16+,17-,20+/m0/s1. The second kappa shape index (κ2) is 9.17. The van der Waals surface area contributed by atoms with E-state index in [0.29, 0.717) is 17.7 Å². The molecule has 2 aliphatic heterocycles. The number of nitrogens with one attached hydrogen (secondary N) is 2. The molecular formula is C22H22N6O6. The fourth-order valence-electron chi connectivity index (χ4n) is 3.98. The zero-order valence-electron chi connectivity index (χ0n) is 18.1. The van der Waals surface area contributed by atoms with E-state index in [0.717, 1.165) is 5.56 Å². The lowest BCUT2D eigenvalue weighted by atomic mass is 10.1. The first-order valence-electron chi connectivity index (χ1n) is 10.7. The van der Waals surface area contributed by atoms with Crippen LogP contribution in [0.5, 0.6) is 0 Å². The minimum absolute atomic E-state index is 0.214. The number of amides is 2. The lowest BCUT2D eigenvalue weighted by Crippen LogP contribution is -2.34. The Kier molecular flexibility index (Phi) is 5.92. The number of imidazole rings is 1. The molecule has 0 unspecified atom stereocenters. The summed E-state index contributed by atoms with van der Waals surface area (Å²) in [6.45, 7) is 2.24. The Morgan fingerprint density at radius 3 is 2.68 bits per heavy atom. The number of anilines is 1. The highest BCUT2D eigenvalue weighted by atomic mass is 16.8. The number of urea groups is 1. The number of aromatic nitrogens is 4. The maximum atomic E-state index is 11.9. The maximum Gasteiger partial charge on any atom is 0.335 e. The predicted octanol–water partition coefficient (Wildman–Crippen LogP) is 1.77. The maximum absolute atomic E-state index is 11.9. The van der Waals surface area contributed by atoms with E-state index < -0.39 is 42.8 Å². The number of fused-ring (bicyclic) bond motifs is 2. The minimum Gasteiger partial charge on any atom is -0.479 e. The minimum atomic E-state index is -1.24. The van der Waals surface area contributed by atoms with Crippen LogP contribution in [0.2, 0.25) is 0 Å². The van der Waals surface area contributed by atoms with E-state index in [1.165, 1.54) is 12.7 Å². The highest BCUT2D eigenvalue weighted by Gasteiger charge is 2.56. The molecule has 176 valence electrons. The summed E-state index contributed by atoms with van der Waals surface area (Å²) >= 11 is 0. The molecule has 2 aromatic heterocycles. The van der Waals surface area contributed by atoms with Crippen molar-refractivity contribution in [2.45, 2.75) is 37.8 Å². The zero-order valence-corrected chi connectivity index (χ0v) is 18.1. The molecule has 3 N–H and O–H groups in total. The Bertz CT molecular complexity index is 1230. The number of carbonyl (C=O) groups excluding carboxylic acids is 1. The fourth-order valence-corrected chi connectivity index (χ4v) is 3.98. The lowest BCUT2D eigenvalue weighted by molar-refractivity contribution is -0.166. The average molecular weight is 466 g/mol. The third-order valence-corrected chi connectivity index (χ3v) is 5.46. The molecule has 1 aromatic carbocycles. The summed E-state index contributed by atoms with van der Waals surface area (Å²) in [5, 5.41) is 14.9.